The highest BCUT2D eigenvalue weighted by atomic mass is 16.4. The van der Waals surface area contributed by atoms with Gasteiger partial charge in [-0.25, -0.2) is 9.78 Å². The van der Waals surface area contributed by atoms with E-state index >= 15 is 0 Å². The molecule has 0 aliphatic carbocycles. The number of aromatic carboxylic acids is 1. The Morgan fingerprint density at radius 1 is 1.33 bits per heavy atom. The van der Waals surface area contributed by atoms with Crippen LogP contribution < -0.4 is 11.1 Å². The average Bonchev–Trinajstić information content (AvgIpc) is 2.38. The number of hydrogen-bond donors (Lipinski definition) is 3. The molecule has 0 unspecified atom stereocenters. The van der Waals surface area contributed by atoms with Crippen molar-refractivity contribution in [1.82, 2.24) is 4.98 Å². The van der Waals surface area contributed by atoms with E-state index < -0.39 is 5.97 Å². The maximum atomic E-state index is 11.1. The summed E-state index contributed by atoms with van der Waals surface area (Å²) < 4.78 is 0. The molecule has 0 radical (unpaired) electrons. The van der Waals surface area contributed by atoms with Crippen molar-refractivity contribution in [2.24, 2.45) is 5.73 Å². The Morgan fingerprint density at radius 2 is 2.17 bits per heavy atom. The van der Waals surface area contributed by atoms with Crippen molar-refractivity contribution < 1.29 is 9.90 Å². The molecular weight excluding hydrogens is 230 g/mol. The zero-order valence-electron chi connectivity index (χ0n) is 9.89. The van der Waals surface area contributed by atoms with Crippen LogP contribution in [0.25, 0.3) is 10.9 Å². The van der Waals surface area contributed by atoms with Gasteiger partial charge in [-0.05, 0) is 37.2 Å². The van der Waals surface area contributed by atoms with Gasteiger partial charge in [0.2, 0.25) is 0 Å². The van der Waals surface area contributed by atoms with Gasteiger partial charge in [-0.3, -0.25) is 0 Å². The van der Waals surface area contributed by atoms with Gasteiger partial charge in [-0.2, -0.15) is 0 Å². The van der Waals surface area contributed by atoms with Crippen LogP contribution in [0.4, 0.5) is 5.82 Å². The van der Waals surface area contributed by atoms with Gasteiger partial charge in [0.15, 0.2) is 0 Å². The van der Waals surface area contributed by atoms with Crippen LogP contribution in [0.5, 0.6) is 0 Å². The molecule has 0 bridgehead atoms. The summed E-state index contributed by atoms with van der Waals surface area (Å²) >= 11 is 0. The highest BCUT2D eigenvalue weighted by molar-refractivity contribution is 6.02. The maximum absolute atomic E-state index is 11.1. The molecule has 0 atom stereocenters. The maximum Gasteiger partial charge on any atom is 0.336 e. The van der Waals surface area contributed by atoms with Crippen molar-refractivity contribution in [3.05, 3.63) is 35.9 Å². The summed E-state index contributed by atoms with van der Waals surface area (Å²) in [6, 6.07) is 8.63. The minimum Gasteiger partial charge on any atom is -0.478 e. The first-order chi connectivity index (χ1) is 8.72. The second kappa shape index (κ2) is 5.46. The Hall–Kier alpha value is -2.14. The van der Waals surface area contributed by atoms with Crippen molar-refractivity contribution in [1.29, 1.82) is 0 Å². The average molecular weight is 245 g/mol. The number of carboxylic acid groups (broad SMARTS) is 1. The summed E-state index contributed by atoms with van der Waals surface area (Å²) in [5.41, 5.74) is 6.36. The molecular formula is C13H15N3O2. The molecule has 1 aromatic heterocycles. The van der Waals surface area contributed by atoms with Crippen LogP contribution in [0, 0.1) is 0 Å². The Bertz CT molecular complexity index is 569. The largest absolute Gasteiger partial charge is 0.478 e. The Labute approximate surface area is 105 Å². The highest BCUT2D eigenvalue weighted by Gasteiger charge is 2.08. The molecule has 0 aliphatic rings. The lowest BCUT2D eigenvalue weighted by Crippen LogP contribution is -2.09. The molecule has 0 saturated carbocycles. The number of anilines is 1. The van der Waals surface area contributed by atoms with Crippen LogP contribution in [0.2, 0.25) is 0 Å². The molecule has 4 N–H and O–H groups in total. The first-order valence-electron chi connectivity index (χ1n) is 5.79. The second-order valence-corrected chi connectivity index (χ2v) is 3.94. The lowest BCUT2D eigenvalue weighted by atomic mass is 10.1. The molecule has 0 aliphatic heterocycles. The molecule has 94 valence electrons. The fraction of sp³-hybridized carbons (Fsp3) is 0.231. The van der Waals surface area contributed by atoms with E-state index in [0.29, 0.717) is 17.4 Å². The second-order valence-electron chi connectivity index (χ2n) is 3.94. The number of rotatable bonds is 5. The predicted octanol–water partition coefficient (Wildman–Crippen LogP) is 1.69. The van der Waals surface area contributed by atoms with Crippen LogP contribution in [0.3, 0.4) is 0 Å². The fourth-order valence-electron chi connectivity index (χ4n) is 1.76. The third-order valence-electron chi connectivity index (χ3n) is 2.65. The molecule has 0 spiro atoms. The Morgan fingerprint density at radius 3 is 2.89 bits per heavy atom. The Kier molecular flexibility index (Phi) is 3.74. The molecule has 1 aromatic carbocycles. The molecule has 2 aromatic rings. The lowest BCUT2D eigenvalue weighted by Gasteiger charge is -2.07. The third kappa shape index (κ3) is 2.57. The topological polar surface area (TPSA) is 88.2 Å². The van der Waals surface area contributed by atoms with E-state index in [1.165, 1.54) is 0 Å². The third-order valence-corrected chi connectivity index (χ3v) is 2.65. The van der Waals surface area contributed by atoms with Crippen molar-refractivity contribution in [3.8, 4) is 0 Å². The van der Waals surface area contributed by atoms with Crippen LogP contribution in [0.15, 0.2) is 30.3 Å². The number of nitrogens with one attached hydrogen (secondary N) is 1. The van der Waals surface area contributed by atoms with Crippen molar-refractivity contribution in [2.45, 2.75) is 6.42 Å². The summed E-state index contributed by atoms with van der Waals surface area (Å²) in [6.45, 7) is 1.39. The number of carbonyl (C=O) groups is 1. The zero-order chi connectivity index (χ0) is 13.0. The molecule has 1 heterocycles. The number of nitrogens with zero attached hydrogens (tertiary/aromatic N) is 1. The van der Waals surface area contributed by atoms with E-state index in [-0.39, 0.29) is 5.56 Å². The lowest BCUT2D eigenvalue weighted by molar-refractivity contribution is 0.0699. The van der Waals surface area contributed by atoms with Crippen LogP contribution >= 0.6 is 0 Å². The molecule has 18 heavy (non-hydrogen) atoms. The minimum atomic E-state index is -0.939. The van der Waals surface area contributed by atoms with Gasteiger partial charge in [0.1, 0.15) is 5.82 Å². The zero-order valence-corrected chi connectivity index (χ0v) is 9.89. The number of benzene rings is 1. The molecule has 5 nitrogen and oxygen atoms in total. The molecule has 0 amide bonds. The first kappa shape index (κ1) is 12.3. The highest BCUT2D eigenvalue weighted by Crippen LogP contribution is 2.19. The monoisotopic (exact) mass is 245 g/mol. The number of fused-ring (bicyclic) bond motifs is 1. The Balaban J connectivity index is 2.32. The molecule has 0 saturated heterocycles. The summed E-state index contributed by atoms with van der Waals surface area (Å²) in [5, 5.41) is 12.9. The fourth-order valence-corrected chi connectivity index (χ4v) is 1.76. The van der Waals surface area contributed by atoms with Crippen LogP contribution in [-0.2, 0) is 0 Å². The standard InChI is InChI=1S/C13H15N3O2/c14-7-2-8-15-12-6-5-9-10(13(17)18)3-1-4-11(9)16-12/h1,3-6H,2,7-8,14H2,(H,15,16)(H,17,18). The van der Waals surface area contributed by atoms with Gasteiger partial charge in [-0.1, -0.05) is 6.07 Å². The van der Waals surface area contributed by atoms with E-state index in [0.717, 1.165) is 18.8 Å². The minimum absolute atomic E-state index is 0.272. The van der Waals surface area contributed by atoms with Crippen molar-refractivity contribution >= 4 is 22.7 Å². The predicted molar refractivity (Wildman–Crippen MR) is 70.9 cm³/mol. The SMILES string of the molecule is NCCCNc1ccc2c(C(=O)O)cccc2n1. The van der Waals surface area contributed by atoms with Crippen LogP contribution in [0.1, 0.15) is 16.8 Å². The summed E-state index contributed by atoms with van der Waals surface area (Å²) in [4.78, 5) is 15.4. The first-order valence-corrected chi connectivity index (χ1v) is 5.79. The number of nitrogens with two attached hydrogens (primary N) is 1. The molecule has 0 fully saturated rings. The van der Waals surface area contributed by atoms with Gasteiger partial charge < -0.3 is 16.2 Å². The number of pyridine rings is 1. The van der Waals surface area contributed by atoms with E-state index in [1.807, 2.05) is 0 Å². The van der Waals surface area contributed by atoms with Crippen LogP contribution in [-0.4, -0.2) is 29.1 Å². The molecule has 5 heteroatoms. The normalized spacial score (nSPS) is 10.5. The number of carboxylic acids is 1. The van der Waals surface area contributed by atoms with Crippen molar-refractivity contribution in [2.75, 3.05) is 18.4 Å². The van der Waals surface area contributed by atoms with Gasteiger partial charge in [0.05, 0.1) is 11.1 Å². The van der Waals surface area contributed by atoms with E-state index in [4.69, 9.17) is 10.8 Å². The molecule has 2 rings (SSSR count). The quantitative estimate of drug-likeness (QED) is 0.698. The van der Waals surface area contributed by atoms with E-state index in [9.17, 15) is 4.79 Å². The number of aromatic nitrogens is 1. The van der Waals surface area contributed by atoms with E-state index in [1.54, 1.807) is 30.3 Å². The summed E-state index contributed by atoms with van der Waals surface area (Å²) in [6.07, 6.45) is 0.870. The van der Waals surface area contributed by atoms with Gasteiger partial charge >= 0.3 is 5.97 Å². The van der Waals surface area contributed by atoms with Crippen molar-refractivity contribution in [3.63, 3.8) is 0 Å². The summed E-state index contributed by atoms with van der Waals surface area (Å²) in [7, 11) is 0. The smallest absolute Gasteiger partial charge is 0.336 e. The van der Waals surface area contributed by atoms with Gasteiger partial charge in [-0.15, -0.1) is 0 Å². The number of hydrogen-bond acceptors (Lipinski definition) is 4. The van der Waals surface area contributed by atoms with E-state index in [2.05, 4.69) is 10.3 Å². The van der Waals surface area contributed by atoms with Gasteiger partial charge in [0, 0.05) is 11.9 Å². The summed E-state index contributed by atoms with van der Waals surface area (Å²) in [5.74, 6) is -0.204. The van der Waals surface area contributed by atoms with Gasteiger partial charge in [0.25, 0.3) is 0 Å².